The van der Waals surface area contributed by atoms with Crippen LogP contribution in [0, 0.1) is 25.2 Å². The van der Waals surface area contributed by atoms with E-state index in [4.69, 9.17) is 5.26 Å². The number of carbonyl (C=O) groups excluding carboxylic acids is 1. The van der Waals surface area contributed by atoms with E-state index >= 15 is 0 Å². The van der Waals surface area contributed by atoms with Crippen LogP contribution in [0.15, 0.2) is 42.5 Å². The van der Waals surface area contributed by atoms with Crippen LogP contribution in [0.2, 0.25) is 0 Å². The van der Waals surface area contributed by atoms with Crippen LogP contribution in [-0.2, 0) is 6.42 Å². The van der Waals surface area contributed by atoms with Crippen molar-refractivity contribution in [3.05, 3.63) is 76.2 Å². The predicted molar refractivity (Wildman–Crippen MR) is 113 cm³/mol. The molecule has 8 heteroatoms. The van der Waals surface area contributed by atoms with Gasteiger partial charge in [0.05, 0.1) is 29.4 Å². The smallest absolute Gasteiger partial charge is 0.342 e. The lowest BCUT2D eigenvalue weighted by molar-refractivity contribution is -0.127. The summed E-state index contributed by atoms with van der Waals surface area (Å²) in [5.41, 5.74) is 3.61. The van der Waals surface area contributed by atoms with Gasteiger partial charge in [0.15, 0.2) is 0 Å². The standard InChI is InChI=1S/C24H21F3N4O/c1-14-3-6-18(9-20(14)22-21(10-24(25,26)27)29-15(2)30-22)23(32)31-12-19(13-31)17-7-4-16(11-28)5-8-17/h3-9,19H,10,12-13H2,1-2H3,(H,29,30). The maximum absolute atomic E-state index is 13.0. The van der Waals surface area contributed by atoms with E-state index in [1.807, 2.05) is 12.1 Å². The molecule has 2 aromatic carbocycles. The molecule has 1 saturated heterocycles. The summed E-state index contributed by atoms with van der Waals surface area (Å²) in [6.07, 6.45) is -5.52. The minimum atomic E-state index is -4.38. The molecule has 0 atom stereocenters. The number of likely N-dealkylation sites (tertiary alicyclic amines) is 1. The van der Waals surface area contributed by atoms with E-state index < -0.39 is 12.6 Å². The third-order valence-corrected chi connectivity index (χ3v) is 5.70. The number of amides is 1. The number of aromatic nitrogens is 2. The minimum Gasteiger partial charge on any atom is -0.342 e. The third kappa shape index (κ3) is 4.37. The Morgan fingerprint density at radius 1 is 1.19 bits per heavy atom. The van der Waals surface area contributed by atoms with Crippen molar-refractivity contribution in [1.29, 1.82) is 5.26 Å². The maximum atomic E-state index is 13.0. The fourth-order valence-electron chi connectivity index (χ4n) is 3.97. The highest BCUT2D eigenvalue weighted by Crippen LogP contribution is 2.33. The van der Waals surface area contributed by atoms with Gasteiger partial charge in [-0.3, -0.25) is 4.79 Å². The van der Waals surface area contributed by atoms with Gasteiger partial charge >= 0.3 is 6.18 Å². The van der Waals surface area contributed by atoms with Crippen molar-refractivity contribution in [1.82, 2.24) is 14.9 Å². The SMILES string of the molecule is Cc1nc(CC(F)(F)F)c(-c2cc(C(=O)N3CC(c4ccc(C#N)cc4)C3)ccc2C)[nH]1. The van der Waals surface area contributed by atoms with Gasteiger partial charge in [0, 0.05) is 30.1 Å². The zero-order valence-electron chi connectivity index (χ0n) is 17.6. The van der Waals surface area contributed by atoms with E-state index in [2.05, 4.69) is 16.0 Å². The minimum absolute atomic E-state index is 0.0764. The first-order valence-electron chi connectivity index (χ1n) is 10.2. The van der Waals surface area contributed by atoms with Gasteiger partial charge in [0.25, 0.3) is 5.91 Å². The summed E-state index contributed by atoms with van der Waals surface area (Å²) in [6, 6.07) is 14.5. The molecule has 0 spiro atoms. The van der Waals surface area contributed by atoms with E-state index in [1.165, 1.54) is 0 Å². The van der Waals surface area contributed by atoms with Crippen LogP contribution in [0.25, 0.3) is 11.3 Å². The number of carbonyl (C=O) groups is 1. The summed E-state index contributed by atoms with van der Waals surface area (Å²) in [4.78, 5) is 21.7. The fourth-order valence-corrected chi connectivity index (χ4v) is 3.97. The molecule has 0 aliphatic carbocycles. The Kier molecular flexibility index (Phi) is 5.51. The second-order valence-corrected chi connectivity index (χ2v) is 8.11. The van der Waals surface area contributed by atoms with Crippen LogP contribution in [0.3, 0.4) is 0 Å². The second kappa shape index (κ2) is 8.15. The molecule has 1 N–H and O–H groups in total. The largest absolute Gasteiger partial charge is 0.394 e. The van der Waals surface area contributed by atoms with E-state index in [1.54, 1.807) is 49.1 Å². The number of halogens is 3. The number of nitrogens with zero attached hydrogens (tertiary/aromatic N) is 3. The summed E-state index contributed by atoms with van der Waals surface area (Å²) < 4.78 is 39.0. The number of H-pyrrole nitrogens is 1. The number of aryl methyl sites for hydroxylation is 2. The highest BCUT2D eigenvalue weighted by Gasteiger charge is 2.33. The average Bonchev–Trinajstić information content (AvgIpc) is 3.05. The molecule has 5 nitrogen and oxygen atoms in total. The summed E-state index contributed by atoms with van der Waals surface area (Å²) in [5, 5.41) is 8.91. The Morgan fingerprint density at radius 3 is 2.50 bits per heavy atom. The fraction of sp³-hybridized carbons (Fsp3) is 0.292. The Bertz CT molecular complexity index is 1200. The monoisotopic (exact) mass is 438 g/mol. The Hall–Kier alpha value is -3.60. The topological polar surface area (TPSA) is 72.8 Å². The van der Waals surface area contributed by atoms with Crippen LogP contribution in [0.1, 0.15) is 44.5 Å². The highest BCUT2D eigenvalue weighted by atomic mass is 19.4. The van der Waals surface area contributed by atoms with Gasteiger partial charge in [-0.2, -0.15) is 18.4 Å². The van der Waals surface area contributed by atoms with Gasteiger partial charge in [-0.15, -0.1) is 0 Å². The highest BCUT2D eigenvalue weighted by molar-refractivity contribution is 5.96. The Labute approximate surface area is 183 Å². The molecule has 1 aliphatic heterocycles. The molecule has 4 rings (SSSR count). The molecular weight excluding hydrogens is 417 g/mol. The second-order valence-electron chi connectivity index (χ2n) is 8.11. The number of alkyl halides is 3. The molecule has 1 aliphatic rings. The van der Waals surface area contributed by atoms with Crippen molar-refractivity contribution in [2.75, 3.05) is 13.1 Å². The van der Waals surface area contributed by atoms with Crippen molar-refractivity contribution < 1.29 is 18.0 Å². The summed E-state index contributed by atoms with van der Waals surface area (Å²) in [5.74, 6) is 0.429. The molecule has 3 aromatic rings. The zero-order valence-corrected chi connectivity index (χ0v) is 17.6. The number of hydrogen-bond acceptors (Lipinski definition) is 3. The summed E-state index contributed by atoms with van der Waals surface area (Å²) in [6.45, 7) is 4.51. The van der Waals surface area contributed by atoms with Crippen LogP contribution >= 0.6 is 0 Å². The van der Waals surface area contributed by atoms with Crippen LogP contribution in [0.4, 0.5) is 13.2 Å². The Balaban J connectivity index is 1.54. The first kappa shape index (κ1) is 21.6. The Morgan fingerprint density at radius 2 is 1.88 bits per heavy atom. The molecule has 1 amide bonds. The molecule has 32 heavy (non-hydrogen) atoms. The number of hydrogen-bond donors (Lipinski definition) is 1. The molecular formula is C24H21F3N4O. The van der Waals surface area contributed by atoms with Gasteiger partial charge in [-0.1, -0.05) is 18.2 Å². The normalized spacial score (nSPS) is 14.2. The quantitative estimate of drug-likeness (QED) is 0.629. The van der Waals surface area contributed by atoms with Gasteiger partial charge in [0.1, 0.15) is 5.82 Å². The third-order valence-electron chi connectivity index (χ3n) is 5.70. The lowest BCUT2D eigenvalue weighted by atomic mass is 9.90. The molecule has 0 radical (unpaired) electrons. The van der Waals surface area contributed by atoms with E-state index in [9.17, 15) is 18.0 Å². The molecule has 0 saturated carbocycles. The van der Waals surface area contributed by atoms with Crippen LogP contribution < -0.4 is 0 Å². The van der Waals surface area contributed by atoms with E-state index in [0.29, 0.717) is 41.3 Å². The van der Waals surface area contributed by atoms with Crippen molar-refractivity contribution >= 4 is 5.91 Å². The maximum Gasteiger partial charge on any atom is 0.394 e. The van der Waals surface area contributed by atoms with Gasteiger partial charge < -0.3 is 9.88 Å². The van der Waals surface area contributed by atoms with Gasteiger partial charge in [-0.25, -0.2) is 4.98 Å². The molecule has 1 aromatic heterocycles. The number of imidazole rings is 1. The zero-order chi connectivity index (χ0) is 23.0. The van der Waals surface area contributed by atoms with Crippen molar-refractivity contribution in [3.63, 3.8) is 0 Å². The molecule has 1 fully saturated rings. The first-order valence-corrected chi connectivity index (χ1v) is 10.2. The van der Waals surface area contributed by atoms with Crippen molar-refractivity contribution in [2.45, 2.75) is 32.4 Å². The number of nitriles is 1. The van der Waals surface area contributed by atoms with Gasteiger partial charge in [-0.05, 0) is 49.2 Å². The number of nitrogens with one attached hydrogen (secondary N) is 1. The van der Waals surface area contributed by atoms with Crippen molar-refractivity contribution in [3.8, 4) is 17.3 Å². The van der Waals surface area contributed by atoms with Crippen molar-refractivity contribution in [2.24, 2.45) is 0 Å². The lowest BCUT2D eigenvalue weighted by Crippen LogP contribution is -2.48. The molecule has 2 heterocycles. The lowest BCUT2D eigenvalue weighted by Gasteiger charge is -2.39. The predicted octanol–water partition coefficient (Wildman–Crippen LogP) is 4.91. The number of aromatic amines is 1. The van der Waals surface area contributed by atoms with Crippen LogP contribution in [0.5, 0.6) is 0 Å². The average molecular weight is 438 g/mol. The number of benzene rings is 2. The van der Waals surface area contributed by atoms with Gasteiger partial charge in [0.2, 0.25) is 0 Å². The summed E-state index contributed by atoms with van der Waals surface area (Å²) >= 11 is 0. The molecule has 0 bridgehead atoms. The molecule has 164 valence electrons. The van der Waals surface area contributed by atoms with Crippen LogP contribution in [-0.4, -0.2) is 40.0 Å². The first-order chi connectivity index (χ1) is 15.1. The molecule has 0 unspecified atom stereocenters. The van der Waals surface area contributed by atoms with E-state index in [-0.39, 0.29) is 17.5 Å². The summed E-state index contributed by atoms with van der Waals surface area (Å²) in [7, 11) is 0. The van der Waals surface area contributed by atoms with E-state index in [0.717, 1.165) is 11.1 Å². The number of rotatable bonds is 4.